The normalized spacial score (nSPS) is 11.5. The predicted molar refractivity (Wildman–Crippen MR) is 103 cm³/mol. The molecule has 0 amide bonds. The number of hydrogen-bond acceptors (Lipinski definition) is 3. The van der Waals surface area contributed by atoms with Gasteiger partial charge in [-0.25, -0.2) is 8.78 Å². The Bertz CT molecular complexity index is 1020. The first-order valence-electron chi connectivity index (χ1n) is 8.97. The van der Waals surface area contributed by atoms with Gasteiger partial charge in [-0.15, -0.1) is 0 Å². The average Bonchev–Trinajstić information content (AvgIpc) is 2.60. The van der Waals surface area contributed by atoms with Crippen molar-refractivity contribution < 1.29 is 13.5 Å². The second kappa shape index (κ2) is 7.92. The lowest BCUT2D eigenvalue weighted by Gasteiger charge is -2.19. The van der Waals surface area contributed by atoms with E-state index < -0.39 is 11.6 Å². The first kappa shape index (κ1) is 19.7. The topological polar surface area (TPSA) is 55.0 Å². The van der Waals surface area contributed by atoms with Crippen molar-refractivity contribution in [3.63, 3.8) is 0 Å². The Kier molecular flexibility index (Phi) is 5.58. The van der Waals surface area contributed by atoms with E-state index in [1.54, 1.807) is 0 Å². The lowest BCUT2D eigenvalue weighted by atomic mass is 9.86. The molecule has 0 aliphatic carbocycles. The van der Waals surface area contributed by atoms with Gasteiger partial charge in [-0.2, -0.15) is 4.98 Å². The lowest BCUT2D eigenvalue weighted by Crippen LogP contribution is -2.13. The van der Waals surface area contributed by atoms with Gasteiger partial charge in [0.15, 0.2) is 0 Å². The molecule has 0 spiro atoms. The molecule has 1 heterocycles. The smallest absolute Gasteiger partial charge is 0.254 e. The highest BCUT2D eigenvalue weighted by atomic mass is 19.1. The maximum Gasteiger partial charge on any atom is 0.254 e. The first-order valence-corrected chi connectivity index (χ1v) is 8.97. The fourth-order valence-electron chi connectivity index (χ4n) is 2.75. The van der Waals surface area contributed by atoms with Crippen molar-refractivity contribution in [2.45, 2.75) is 39.2 Å². The van der Waals surface area contributed by atoms with Gasteiger partial charge in [0.2, 0.25) is 5.88 Å². The largest absolute Gasteiger partial charge is 0.472 e. The summed E-state index contributed by atoms with van der Waals surface area (Å²) in [5, 5.41) is 0. The molecule has 3 rings (SSSR count). The highest BCUT2D eigenvalue weighted by molar-refractivity contribution is 5.29. The summed E-state index contributed by atoms with van der Waals surface area (Å²) in [6.07, 6.45) is 0.432. The molecule has 0 aliphatic heterocycles. The molecule has 0 fully saturated rings. The number of rotatable bonds is 5. The molecule has 1 N–H and O–H groups in total. The van der Waals surface area contributed by atoms with Crippen LogP contribution in [0.2, 0.25) is 0 Å². The molecule has 0 saturated heterocycles. The van der Waals surface area contributed by atoms with Crippen LogP contribution in [0, 0.1) is 11.6 Å². The summed E-state index contributed by atoms with van der Waals surface area (Å²) in [7, 11) is 0. The van der Waals surface area contributed by atoms with Gasteiger partial charge >= 0.3 is 0 Å². The minimum absolute atomic E-state index is 0.0640. The average molecular weight is 384 g/mol. The van der Waals surface area contributed by atoms with E-state index >= 15 is 0 Å². The summed E-state index contributed by atoms with van der Waals surface area (Å²) in [5.41, 5.74) is 2.11. The molecule has 0 bridgehead atoms. The number of H-pyrrole nitrogens is 1. The van der Waals surface area contributed by atoms with Gasteiger partial charge in [-0.3, -0.25) is 4.79 Å². The lowest BCUT2D eigenvalue weighted by molar-refractivity contribution is 0.285. The Labute approximate surface area is 162 Å². The fourth-order valence-corrected chi connectivity index (χ4v) is 2.75. The molecule has 0 saturated carbocycles. The zero-order chi connectivity index (χ0) is 20.3. The monoisotopic (exact) mass is 384 g/mol. The highest BCUT2D eigenvalue weighted by Gasteiger charge is 2.13. The number of aromatic nitrogens is 2. The minimum Gasteiger partial charge on any atom is -0.472 e. The van der Waals surface area contributed by atoms with Gasteiger partial charge in [-0.05, 0) is 28.7 Å². The number of nitrogens with zero attached hydrogens (tertiary/aromatic N) is 1. The van der Waals surface area contributed by atoms with Crippen LogP contribution in [0.4, 0.5) is 8.78 Å². The number of halogens is 2. The number of nitrogens with one attached hydrogen (secondary N) is 1. The number of aromatic amines is 1. The summed E-state index contributed by atoms with van der Waals surface area (Å²) < 4.78 is 32.1. The van der Waals surface area contributed by atoms with Gasteiger partial charge < -0.3 is 9.72 Å². The number of benzene rings is 2. The Balaban J connectivity index is 1.73. The number of ether oxygens (including phenoxy) is 1. The van der Waals surface area contributed by atoms with Crippen LogP contribution in [0.25, 0.3) is 0 Å². The maximum absolute atomic E-state index is 13.7. The molecule has 6 heteroatoms. The SMILES string of the molecule is CC(C)(C)c1ccc(Cc2nc(OCc3ccc(F)cc3F)cc(=O)[nH]2)cc1. The van der Waals surface area contributed by atoms with Crippen LogP contribution in [0.3, 0.4) is 0 Å². The quantitative estimate of drug-likeness (QED) is 0.704. The van der Waals surface area contributed by atoms with Gasteiger partial charge in [0, 0.05) is 18.1 Å². The van der Waals surface area contributed by atoms with Crippen molar-refractivity contribution in [3.05, 3.63) is 93.0 Å². The molecule has 0 unspecified atom stereocenters. The fraction of sp³-hybridized carbons (Fsp3) is 0.273. The zero-order valence-corrected chi connectivity index (χ0v) is 16.1. The Morgan fingerprint density at radius 3 is 2.39 bits per heavy atom. The van der Waals surface area contributed by atoms with Gasteiger partial charge in [0.05, 0.1) is 6.07 Å². The molecule has 4 nitrogen and oxygen atoms in total. The third-order valence-corrected chi connectivity index (χ3v) is 4.35. The molecule has 3 aromatic rings. The molecular weight excluding hydrogens is 362 g/mol. The zero-order valence-electron chi connectivity index (χ0n) is 16.1. The molecule has 0 radical (unpaired) electrons. The summed E-state index contributed by atoms with van der Waals surface area (Å²) in [4.78, 5) is 18.9. The molecule has 146 valence electrons. The van der Waals surface area contributed by atoms with E-state index in [9.17, 15) is 13.6 Å². The van der Waals surface area contributed by atoms with Crippen molar-refractivity contribution >= 4 is 0 Å². The second-order valence-corrected chi connectivity index (χ2v) is 7.68. The van der Waals surface area contributed by atoms with Crippen molar-refractivity contribution in [1.29, 1.82) is 0 Å². The van der Waals surface area contributed by atoms with Crippen LogP contribution in [0.1, 0.15) is 43.3 Å². The van der Waals surface area contributed by atoms with Crippen LogP contribution >= 0.6 is 0 Å². The van der Waals surface area contributed by atoms with E-state index in [1.165, 1.54) is 17.7 Å². The summed E-state index contributed by atoms with van der Waals surface area (Å²) in [6, 6.07) is 12.6. The predicted octanol–water partition coefficient (Wildman–Crippen LogP) is 4.52. The third-order valence-electron chi connectivity index (χ3n) is 4.35. The number of hydrogen-bond donors (Lipinski definition) is 1. The Hall–Kier alpha value is -3.02. The Morgan fingerprint density at radius 2 is 1.75 bits per heavy atom. The van der Waals surface area contributed by atoms with E-state index in [4.69, 9.17) is 4.74 Å². The van der Waals surface area contributed by atoms with E-state index in [0.29, 0.717) is 12.2 Å². The van der Waals surface area contributed by atoms with Gasteiger partial charge in [0.25, 0.3) is 5.56 Å². The Morgan fingerprint density at radius 1 is 1.04 bits per heavy atom. The summed E-state index contributed by atoms with van der Waals surface area (Å²) >= 11 is 0. The first-order chi connectivity index (χ1) is 13.2. The van der Waals surface area contributed by atoms with Gasteiger partial charge in [0.1, 0.15) is 24.1 Å². The standard InChI is InChI=1S/C22H22F2N2O2/c1-22(2,3)16-7-4-14(5-8-16)10-19-25-20(27)12-21(26-19)28-13-15-6-9-17(23)11-18(15)24/h4-9,11-12H,10,13H2,1-3H3,(H,25,26,27). The van der Waals surface area contributed by atoms with Crippen LogP contribution in [-0.4, -0.2) is 9.97 Å². The van der Waals surface area contributed by atoms with Crippen LogP contribution in [0.15, 0.2) is 53.3 Å². The van der Waals surface area contributed by atoms with E-state index in [-0.39, 0.29) is 29.0 Å². The van der Waals surface area contributed by atoms with Crippen LogP contribution in [0.5, 0.6) is 5.88 Å². The van der Waals surface area contributed by atoms with Gasteiger partial charge in [-0.1, -0.05) is 45.0 Å². The molecule has 0 atom stereocenters. The molecular formula is C22H22F2N2O2. The van der Waals surface area contributed by atoms with E-state index in [2.05, 4.69) is 42.9 Å². The third kappa shape index (κ3) is 5.03. The molecule has 1 aromatic heterocycles. The minimum atomic E-state index is -0.705. The van der Waals surface area contributed by atoms with Crippen molar-refractivity contribution in [2.75, 3.05) is 0 Å². The van der Waals surface area contributed by atoms with Crippen molar-refractivity contribution in [2.24, 2.45) is 0 Å². The second-order valence-electron chi connectivity index (χ2n) is 7.68. The molecule has 28 heavy (non-hydrogen) atoms. The van der Waals surface area contributed by atoms with Crippen molar-refractivity contribution in [1.82, 2.24) is 9.97 Å². The van der Waals surface area contributed by atoms with E-state index in [0.717, 1.165) is 17.7 Å². The summed E-state index contributed by atoms with van der Waals surface area (Å²) in [6.45, 7) is 6.28. The van der Waals surface area contributed by atoms with Crippen LogP contribution < -0.4 is 10.3 Å². The maximum atomic E-state index is 13.7. The van der Waals surface area contributed by atoms with Crippen molar-refractivity contribution in [3.8, 4) is 5.88 Å². The molecule has 0 aliphatic rings. The van der Waals surface area contributed by atoms with E-state index in [1.807, 2.05) is 12.1 Å². The highest BCUT2D eigenvalue weighted by Crippen LogP contribution is 2.22. The van der Waals surface area contributed by atoms with Crippen LogP contribution in [-0.2, 0) is 18.4 Å². The summed E-state index contributed by atoms with van der Waals surface area (Å²) in [5.74, 6) is -0.821. The molecule has 2 aromatic carbocycles.